The predicted molar refractivity (Wildman–Crippen MR) is 107 cm³/mol. The van der Waals surface area contributed by atoms with Crippen LogP contribution in [-0.2, 0) is 5.41 Å². The van der Waals surface area contributed by atoms with Crippen molar-refractivity contribution in [2.45, 2.75) is 26.2 Å². The molecule has 1 aromatic heterocycles. The molecule has 0 aliphatic rings. The van der Waals surface area contributed by atoms with Gasteiger partial charge in [0.25, 0.3) is 0 Å². The molecule has 3 rings (SSSR count). The van der Waals surface area contributed by atoms with Gasteiger partial charge in [-0.15, -0.1) is 0 Å². The first-order valence-corrected chi connectivity index (χ1v) is 8.72. The quantitative estimate of drug-likeness (QED) is 0.584. The van der Waals surface area contributed by atoms with Crippen LogP contribution in [0.3, 0.4) is 0 Å². The number of hydrogen-bond donors (Lipinski definition) is 3. The van der Waals surface area contributed by atoms with Gasteiger partial charge in [-0.25, -0.2) is 0 Å². The van der Waals surface area contributed by atoms with Gasteiger partial charge in [-0.05, 0) is 35.2 Å². The number of phenols is 1. The SMILES string of the molecule is COc1cc2on(/C=C(\O)c3ccc(O)c(C(C)(C)C)c3)c(=N)c2cc1OC. The number of aromatic hydroxyl groups is 1. The van der Waals surface area contributed by atoms with Gasteiger partial charge in [0, 0.05) is 11.6 Å². The minimum atomic E-state index is -0.291. The van der Waals surface area contributed by atoms with Crippen LogP contribution in [0, 0.1) is 5.41 Å². The molecule has 7 heteroatoms. The Labute approximate surface area is 162 Å². The van der Waals surface area contributed by atoms with E-state index in [-0.39, 0.29) is 22.4 Å². The van der Waals surface area contributed by atoms with Crippen molar-refractivity contribution in [1.29, 1.82) is 5.41 Å². The lowest BCUT2D eigenvalue weighted by Gasteiger charge is -2.21. The van der Waals surface area contributed by atoms with Gasteiger partial charge < -0.3 is 24.2 Å². The van der Waals surface area contributed by atoms with E-state index in [1.165, 1.54) is 25.2 Å². The van der Waals surface area contributed by atoms with Gasteiger partial charge in [-0.3, -0.25) is 5.41 Å². The Bertz CT molecular complexity index is 1120. The lowest BCUT2D eigenvalue weighted by molar-refractivity contribution is 0.352. The Hall–Kier alpha value is -3.35. The molecule has 0 fully saturated rings. The van der Waals surface area contributed by atoms with E-state index in [0.717, 1.165) is 0 Å². The maximum atomic E-state index is 10.6. The average Bonchev–Trinajstić information content (AvgIpc) is 2.94. The number of benzene rings is 2. The lowest BCUT2D eigenvalue weighted by atomic mass is 9.85. The number of methoxy groups -OCH3 is 2. The molecule has 0 radical (unpaired) electrons. The van der Waals surface area contributed by atoms with E-state index in [1.54, 1.807) is 30.3 Å². The van der Waals surface area contributed by atoms with Crippen LogP contribution < -0.4 is 15.0 Å². The molecule has 0 spiro atoms. The zero-order valence-corrected chi connectivity index (χ0v) is 16.5. The van der Waals surface area contributed by atoms with Crippen molar-refractivity contribution in [1.82, 2.24) is 4.74 Å². The molecule has 0 saturated carbocycles. The van der Waals surface area contributed by atoms with E-state index >= 15 is 0 Å². The number of aliphatic hydroxyl groups excluding tert-OH is 1. The Kier molecular flexibility index (Phi) is 4.85. The number of phenolic OH excluding ortho intramolecular Hbond substituents is 1. The average molecular weight is 384 g/mol. The van der Waals surface area contributed by atoms with Gasteiger partial charge >= 0.3 is 0 Å². The maximum absolute atomic E-state index is 10.6. The van der Waals surface area contributed by atoms with Crippen molar-refractivity contribution in [2.75, 3.05) is 14.2 Å². The second kappa shape index (κ2) is 6.99. The van der Waals surface area contributed by atoms with Crippen molar-refractivity contribution in [3.05, 3.63) is 46.9 Å². The summed E-state index contributed by atoms with van der Waals surface area (Å²) in [6.07, 6.45) is 1.32. The van der Waals surface area contributed by atoms with Crippen LogP contribution in [0.1, 0.15) is 31.9 Å². The Morgan fingerprint density at radius 1 is 1.11 bits per heavy atom. The molecule has 0 saturated heterocycles. The van der Waals surface area contributed by atoms with Crippen molar-refractivity contribution in [3.63, 3.8) is 0 Å². The molecule has 0 aliphatic heterocycles. The fraction of sp³-hybridized carbons (Fsp3) is 0.286. The van der Waals surface area contributed by atoms with Gasteiger partial charge in [-0.1, -0.05) is 20.8 Å². The van der Waals surface area contributed by atoms with Crippen LogP contribution in [0.15, 0.2) is 34.9 Å². The highest BCUT2D eigenvalue weighted by Crippen LogP contribution is 2.33. The fourth-order valence-electron chi connectivity index (χ4n) is 2.96. The summed E-state index contributed by atoms with van der Waals surface area (Å²) in [6.45, 7) is 5.93. The number of fused-ring (bicyclic) bond motifs is 1. The van der Waals surface area contributed by atoms with Crippen molar-refractivity contribution < 1.29 is 24.2 Å². The number of aliphatic hydroxyl groups is 1. The van der Waals surface area contributed by atoms with Gasteiger partial charge in [0.05, 0.1) is 25.8 Å². The highest BCUT2D eigenvalue weighted by Gasteiger charge is 2.19. The third-order valence-corrected chi connectivity index (χ3v) is 4.50. The summed E-state index contributed by atoms with van der Waals surface area (Å²) in [5, 5.41) is 29.5. The molecule has 1 heterocycles. The summed E-state index contributed by atoms with van der Waals surface area (Å²) in [4.78, 5) is 0. The molecule has 0 bridgehead atoms. The number of aromatic nitrogens is 1. The zero-order valence-electron chi connectivity index (χ0n) is 16.5. The summed E-state index contributed by atoms with van der Waals surface area (Å²) in [6, 6.07) is 8.15. The van der Waals surface area contributed by atoms with Crippen molar-refractivity contribution in [2.24, 2.45) is 0 Å². The minimum absolute atomic E-state index is 0.0531. The van der Waals surface area contributed by atoms with Crippen LogP contribution in [0.2, 0.25) is 0 Å². The first-order chi connectivity index (χ1) is 13.2. The molecule has 0 atom stereocenters. The predicted octanol–water partition coefficient (Wildman–Crippen LogP) is 4.25. The highest BCUT2D eigenvalue weighted by molar-refractivity contribution is 5.81. The Morgan fingerprint density at radius 2 is 1.75 bits per heavy atom. The smallest absolute Gasteiger partial charge is 0.172 e. The Balaban J connectivity index is 2.10. The molecule has 0 aliphatic carbocycles. The van der Waals surface area contributed by atoms with Crippen LogP contribution >= 0.6 is 0 Å². The van der Waals surface area contributed by atoms with Crippen LogP contribution in [0.4, 0.5) is 0 Å². The minimum Gasteiger partial charge on any atom is -0.508 e. The zero-order chi connectivity index (χ0) is 20.6. The monoisotopic (exact) mass is 384 g/mol. The molecular formula is C21H24N2O5. The van der Waals surface area contributed by atoms with E-state index in [2.05, 4.69) is 0 Å². The molecule has 2 aromatic carbocycles. The largest absolute Gasteiger partial charge is 0.508 e. The third kappa shape index (κ3) is 3.43. The summed E-state index contributed by atoms with van der Waals surface area (Å²) in [5.74, 6) is 1.04. The number of nitrogens with zero attached hydrogens (tertiary/aromatic N) is 1. The van der Waals surface area contributed by atoms with E-state index in [9.17, 15) is 10.2 Å². The summed E-state index contributed by atoms with van der Waals surface area (Å²) in [7, 11) is 3.04. The second-order valence-electron chi connectivity index (χ2n) is 7.47. The molecule has 148 valence electrons. The summed E-state index contributed by atoms with van der Waals surface area (Å²) < 4.78 is 17.4. The second-order valence-corrected chi connectivity index (χ2v) is 7.47. The van der Waals surface area contributed by atoms with Gasteiger partial charge in [0.15, 0.2) is 22.6 Å². The van der Waals surface area contributed by atoms with E-state index in [4.69, 9.17) is 19.4 Å². The van der Waals surface area contributed by atoms with Crippen LogP contribution in [-0.4, -0.2) is 29.2 Å². The lowest BCUT2D eigenvalue weighted by Crippen LogP contribution is -2.12. The number of nitrogens with one attached hydrogen (secondary N) is 1. The van der Waals surface area contributed by atoms with E-state index < -0.39 is 0 Å². The first-order valence-electron chi connectivity index (χ1n) is 8.72. The molecule has 0 amide bonds. The fourth-order valence-corrected chi connectivity index (χ4v) is 2.96. The van der Waals surface area contributed by atoms with E-state index in [0.29, 0.717) is 33.6 Å². The molecule has 0 unspecified atom stereocenters. The van der Waals surface area contributed by atoms with Crippen molar-refractivity contribution in [3.8, 4) is 17.2 Å². The van der Waals surface area contributed by atoms with E-state index in [1.807, 2.05) is 20.8 Å². The summed E-state index contributed by atoms with van der Waals surface area (Å²) >= 11 is 0. The highest BCUT2D eigenvalue weighted by atomic mass is 16.5. The topological polar surface area (TPSA) is 101 Å². The molecule has 28 heavy (non-hydrogen) atoms. The summed E-state index contributed by atoms with van der Waals surface area (Å²) in [5.41, 5.74) is 1.40. The van der Waals surface area contributed by atoms with Gasteiger partial charge in [0.2, 0.25) is 0 Å². The first kappa shape index (κ1) is 19.4. The normalized spacial score (nSPS) is 12.4. The number of ether oxygens (including phenoxy) is 2. The van der Waals surface area contributed by atoms with Crippen LogP contribution in [0.25, 0.3) is 22.9 Å². The molecule has 7 nitrogen and oxygen atoms in total. The van der Waals surface area contributed by atoms with Gasteiger partial charge in [-0.2, -0.15) is 4.74 Å². The number of hydrogen-bond acceptors (Lipinski definition) is 6. The maximum Gasteiger partial charge on any atom is 0.172 e. The van der Waals surface area contributed by atoms with Gasteiger partial charge in [0.1, 0.15) is 11.5 Å². The molecule has 3 N–H and O–H groups in total. The Morgan fingerprint density at radius 3 is 2.36 bits per heavy atom. The molecule has 3 aromatic rings. The third-order valence-electron chi connectivity index (χ3n) is 4.50. The standard InChI is InChI=1S/C21H24N2O5/c1-21(2,3)14-8-12(6-7-15(14)24)16(25)11-23-20(22)13-9-18(26-4)19(27-5)10-17(13)28-23/h6-11,22,24-25H,1-5H3/b16-11-,22-20?. The molecular weight excluding hydrogens is 360 g/mol. The van der Waals surface area contributed by atoms with Crippen molar-refractivity contribution >= 4 is 22.9 Å². The number of rotatable bonds is 4. The van der Waals surface area contributed by atoms with Crippen LogP contribution in [0.5, 0.6) is 17.2 Å².